The molecule has 1 rings (SSSR count). The minimum atomic E-state index is -0.687. The van der Waals surface area contributed by atoms with Crippen molar-refractivity contribution in [2.45, 2.75) is 103 Å². The topological polar surface area (TPSA) is 74.7 Å². The second-order valence-electron chi connectivity index (χ2n) is 7.52. The third-order valence-electron chi connectivity index (χ3n) is 5.09. The van der Waals surface area contributed by atoms with Crippen LogP contribution >= 0.6 is 0 Å². The molecule has 27 heavy (non-hydrogen) atoms. The van der Waals surface area contributed by atoms with E-state index in [4.69, 9.17) is 5.11 Å². The molecule has 1 aliphatic heterocycles. The lowest BCUT2D eigenvalue weighted by Crippen LogP contribution is -2.29. The lowest BCUT2D eigenvalue weighted by atomic mass is 10.1. The Hall–Kier alpha value is -1.65. The molecule has 1 aliphatic rings. The van der Waals surface area contributed by atoms with Crippen LogP contribution in [-0.4, -0.2) is 34.3 Å². The number of aliphatic carboxylic acids is 1. The van der Waals surface area contributed by atoms with Crippen LogP contribution < -0.4 is 0 Å². The van der Waals surface area contributed by atoms with Crippen LogP contribution in [0.1, 0.15) is 103 Å². The number of carboxylic acid groups (broad SMARTS) is 1. The molecule has 1 N–H and O–H groups in total. The molecule has 5 nitrogen and oxygen atoms in total. The van der Waals surface area contributed by atoms with Crippen LogP contribution in [0.3, 0.4) is 0 Å². The van der Waals surface area contributed by atoms with Gasteiger partial charge in [-0.2, -0.15) is 0 Å². The van der Waals surface area contributed by atoms with Crippen molar-refractivity contribution in [1.82, 2.24) is 4.90 Å². The first-order valence-electron chi connectivity index (χ1n) is 10.8. The Morgan fingerprint density at radius 2 is 1.19 bits per heavy atom. The van der Waals surface area contributed by atoms with E-state index in [0.29, 0.717) is 25.8 Å². The van der Waals surface area contributed by atoms with Crippen LogP contribution in [0.5, 0.6) is 0 Å². The Labute approximate surface area is 164 Å². The molecular weight excluding hydrogens is 342 g/mol. The minimum absolute atomic E-state index is 0.00460. The van der Waals surface area contributed by atoms with Gasteiger partial charge in [0.15, 0.2) is 0 Å². The summed E-state index contributed by atoms with van der Waals surface area (Å²) < 4.78 is 0. The number of carbonyl (C=O) groups excluding carboxylic acids is 2. The van der Waals surface area contributed by atoms with E-state index < -0.39 is 5.97 Å². The molecule has 1 fully saturated rings. The number of likely N-dealkylation sites (tertiary alicyclic amines) is 1. The molecule has 5 heteroatoms. The molecule has 0 saturated carbocycles. The van der Waals surface area contributed by atoms with Crippen molar-refractivity contribution in [3.05, 3.63) is 12.2 Å². The Bertz CT molecular complexity index is 457. The lowest BCUT2D eigenvalue weighted by Gasteiger charge is -2.12. The first kappa shape index (κ1) is 23.4. The van der Waals surface area contributed by atoms with Crippen molar-refractivity contribution in [2.24, 2.45) is 0 Å². The molecule has 1 saturated heterocycles. The molecule has 0 aromatic heterocycles. The van der Waals surface area contributed by atoms with Crippen LogP contribution in [-0.2, 0) is 14.4 Å². The standard InChI is InChI=1S/C22H37NO4/c24-20-17-18-21(25)23(20)19-15-13-11-9-7-5-3-1-2-4-6-8-10-12-14-16-22(26)27/h1-2H,3-19H2,(H,26,27)/b2-1-. The van der Waals surface area contributed by atoms with Crippen LogP contribution in [0.4, 0.5) is 0 Å². The number of carbonyl (C=O) groups is 3. The highest BCUT2D eigenvalue weighted by atomic mass is 16.4. The molecule has 0 aromatic rings. The summed E-state index contributed by atoms with van der Waals surface area (Å²) in [5.41, 5.74) is 0. The average molecular weight is 380 g/mol. The van der Waals surface area contributed by atoms with Crippen molar-refractivity contribution in [1.29, 1.82) is 0 Å². The van der Waals surface area contributed by atoms with Crippen LogP contribution in [0.25, 0.3) is 0 Å². The van der Waals surface area contributed by atoms with Gasteiger partial charge < -0.3 is 5.11 Å². The molecule has 2 amide bonds. The van der Waals surface area contributed by atoms with E-state index in [2.05, 4.69) is 12.2 Å². The average Bonchev–Trinajstić information content (AvgIpc) is 2.95. The van der Waals surface area contributed by atoms with Gasteiger partial charge in [0.25, 0.3) is 0 Å². The second-order valence-corrected chi connectivity index (χ2v) is 7.52. The van der Waals surface area contributed by atoms with Gasteiger partial charge in [0.2, 0.25) is 11.8 Å². The van der Waals surface area contributed by atoms with Gasteiger partial charge >= 0.3 is 5.97 Å². The molecule has 0 aliphatic carbocycles. The Kier molecular flexibility index (Phi) is 13.4. The van der Waals surface area contributed by atoms with Gasteiger partial charge in [-0.15, -0.1) is 0 Å². The highest BCUT2D eigenvalue weighted by Crippen LogP contribution is 2.14. The molecule has 154 valence electrons. The number of rotatable bonds is 17. The van der Waals surface area contributed by atoms with E-state index in [1.165, 1.54) is 43.4 Å². The second kappa shape index (κ2) is 15.4. The van der Waals surface area contributed by atoms with Gasteiger partial charge in [-0.05, 0) is 38.5 Å². The largest absolute Gasteiger partial charge is 0.481 e. The fourth-order valence-electron chi connectivity index (χ4n) is 3.42. The zero-order valence-electron chi connectivity index (χ0n) is 16.8. The quantitative estimate of drug-likeness (QED) is 0.213. The maximum Gasteiger partial charge on any atom is 0.303 e. The van der Waals surface area contributed by atoms with Gasteiger partial charge in [0.1, 0.15) is 0 Å². The summed E-state index contributed by atoms with van der Waals surface area (Å²) in [4.78, 5) is 34.8. The number of imide groups is 1. The summed E-state index contributed by atoms with van der Waals surface area (Å²) in [7, 11) is 0. The van der Waals surface area contributed by atoms with Crippen molar-refractivity contribution >= 4 is 17.8 Å². The minimum Gasteiger partial charge on any atom is -0.481 e. The summed E-state index contributed by atoms with van der Waals surface area (Å²) >= 11 is 0. The Morgan fingerprint density at radius 3 is 1.70 bits per heavy atom. The number of hydrogen-bond acceptors (Lipinski definition) is 3. The van der Waals surface area contributed by atoms with E-state index in [1.807, 2.05) is 0 Å². The fraction of sp³-hybridized carbons (Fsp3) is 0.773. The van der Waals surface area contributed by atoms with Gasteiger partial charge in [0, 0.05) is 25.8 Å². The number of allylic oxidation sites excluding steroid dienone is 2. The molecule has 0 aromatic carbocycles. The number of hydrogen-bond donors (Lipinski definition) is 1. The summed E-state index contributed by atoms with van der Waals surface area (Å²) in [5.74, 6) is -0.678. The predicted octanol–water partition coefficient (Wildman–Crippen LogP) is 5.24. The van der Waals surface area contributed by atoms with Crippen molar-refractivity contribution in [3.8, 4) is 0 Å². The summed E-state index contributed by atoms with van der Waals surface area (Å²) in [6, 6.07) is 0. The van der Waals surface area contributed by atoms with Crippen LogP contribution in [0.15, 0.2) is 12.2 Å². The molecular formula is C22H37NO4. The van der Waals surface area contributed by atoms with Crippen molar-refractivity contribution in [2.75, 3.05) is 6.54 Å². The molecule has 0 radical (unpaired) electrons. The van der Waals surface area contributed by atoms with E-state index >= 15 is 0 Å². The highest BCUT2D eigenvalue weighted by Gasteiger charge is 2.27. The Balaban J connectivity index is 1.78. The van der Waals surface area contributed by atoms with Crippen molar-refractivity contribution < 1.29 is 19.5 Å². The first-order valence-corrected chi connectivity index (χ1v) is 10.8. The van der Waals surface area contributed by atoms with E-state index in [-0.39, 0.29) is 11.8 Å². The van der Waals surface area contributed by atoms with Gasteiger partial charge in [-0.3, -0.25) is 19.3 Å². The third kappa shape index (κ3) is 12.4. The summed E-state index contributed by atoms with van der Waals surface area (Å²) in [5, 5.41) is 8.55. The molecule has 0 bridgehead atoms. The number of nitrogens with zero attached hydrogens (tertiary/aromatic N) is 1. The van der Waals surface area contributed by atoms with Crippen LogP contribution in [0.2, 0.25) is 0 Å². The molecule has 0 spiro atoms. The van der Waals surface area contributed by atoms with Crippen molar-refractivity contribution in [3.63, 3.8) is 0 Å². The summed E-state index contributed by atoms with van der Waals surface area (Å²) in [6.45, 7) is 0.611. The normalized spacial score (nSPS) is 14.6. The zero-order chi connectivity index (χ0) is 19.7. The van der Waals surface area contributed by atoms with Crippen LogP contribution in [0, 0.1) is 0 Å². The number of carboxylic acids is 1. The van der Waals surface area contributed by atoms with Gasteiger partial charge in [-0.25, -0.2) is 0 Å². The third-order valence-corrected chi connectivity index (χ3v) is 5.09. The monoisotopic (exact) mass is 379 g/mol. The van der Waals surface area contributed by atoms with E-state index in [0.717, 1.165) is 44.9 Å². The van der Waals surface area contributed by atoms with E-state index in [1.54, 1.807) is 0 Å². The zero-order valence-corrected chi connectivity index (χ0v) is 16.8. The SMILES string of the molecule is O=C(O)CCCCCCC/C=C\CCCCCCCCN1C(=O)CCC1=O. The Morgan fingerprint density at radius 1 is 0.741 bits per heavy atom. The smallest absolute Gasteiger partial charge is 0.303 e. The maximum absolute atomic E-state index is 11.5. The lowest BCUT2D eigenvalue weighted by molar-refractivity contribution is -0.139. The molecule has 0 unspecified atom stereocenters. The number of amides is 2. The maximum atomic E-state index is 11.5. The predicted molar refractivity (Wildman–Crippen MR) is 107 cm³/mol. The molecule has 0 atom stereocenters. The van der Waals surface area contributed by atoms with E-state index in [9.17, 15) is 14.4 Å². The molecule has 1 heterocycles. The summed E-state index contributed by atoms with van der Waals surface area (Å²) in [6.07, 6.45) is 20.2. The fourth-order valence-corrected chi connectivity index (χ4v) is 3.42. The highest BCUT2D eigenvalue weighted by molar-refractivity contribution is 6.01. The number of unbranched alkanes of at least 4 members (excludes halogenated alkanes) is 11. The van der Waals surface area contributed by atoms with Gasteiger partial charge in [-0.1, -0.05) is 57.1 Å². The first-order chi connectivity index (χ1) is 13.1. The van der Waals surface area contributed by atoms with Gasteiger partial charge in [0.05, 0.1) is 0 Å².